The minimum absolute atomic E-state index is 0.000421. The molecule has 31 heteroatoms. The standard InChI is InChI=1S/C57H63N7O21S3/c1-80-52-40-16-34-22-46(62(65)66)24-36-18-42-30-50(87(74,75)76)32-44(53(42)81-2)20-38-26-48(64(69)70)27-39-21-45-33-51(88(77,78)79)31-43(54(45)82-3)19-37-25-47(63(67)68)23-35(17-41(52)29-49(28-40)86(71,72)73)56(37)84-14-8-59-5-11-61(10-4-58-7-13-83-55(34)36)12-6-60-9-15-85-57(38)39/h22-33,58-60H,4-21H2,1-3H3,(H,71,72,73)(H,74,75,76)(H,77,78,79). The van der Waals surface area contributed by atoms with Gasteiger partial charge in [0, 0.05) is 201 Å². The van der Waals surface area contributed by atoms with Gasteiger partial charge in [-0.25, -0.2) is 0 Å². The number of hydrogen-bond donors (Lipinski definition) is 6. The largest absolute Gasteiger partial charge is 0.496 e. The van der Waals surface area contributed by atoms with Gasteiger partial charge in [0.05, 0.1) is 50.8 Å². The van der Waals surface area contributed by atoms with Crippen LogP contribution < -0.4 is 44.4 Å². The normalized spacial score (nSPS) is 15.9. The number of nitro benzene ring substituents is 3. The van der Waals surface area contributed by atoms with E-state index in [0.717, 1.165) is 36.4 Å². The van der Waals surface area contributed by atoms with Crippen LogP contribution in [0.4, 0.5) is 17.1 Å². The summed E-state index contributed by atoms with van der Waals surface area (Å²) < 4.78 is 150. The van der Waals surface area contributed by atoms with Gasteiger partial charge in [-0.15, -0.1) is 0 Å². The van der Waals surface area contributed by atoms with E-state index in [0.29, 0.717) is 39.3 Å². The van der Waals surface area contributed by atoms with Crippen molar-refractivity contribution < 1.29 is 82.1 Å². The SMILES string of the molecule is COc1c2cc(S(=O)(=O)O)cc1Cc1cc([N+](=O)[O-])cc3c1OCCNCCN1CCNCCOc4c(cc([N+](=O)[O-])cc4Cc4cc(S(=O)(=O)O)cc(c4OC)Cc4cc([N+](=O)[O-])cc(c4OCCNCC1)Cc1cc(S(=O)(=O)O)cc(c1OC)C3)C2. The Kier molecular flexibility index (Phi) is 19.8. The van der Waals surface area contributed by atoms with E-state index >= 15 is 0 Å². The number of ether oxygens (including phenoxy) is 6. The van der Waals surface area contributed by atoms with Crippen molar-refractivity contribution in [2.45, 2.75) is 53.2 Å². The van der Waals surface area contributed by atoms with Crippen LogP contribution >= 0.6 is 0 Å². The summed E-state index contributed by atoms with van der Waals surface area (Å²) in [5, 5.41) is 49.3. The maximum Gasteiger partial charge on any atom is 0.294 e. The molecule has 3 heterocycles. The molecular weight excluding hydrogens is 1210 g/mol. The number of nitrogens with one attached hydrogen (secondary N) is 3. The number of methoxy groups -OCH3 is 3. The van der Waals surface area contributed by atoms with Gasteiger partial charge >= 0.3 is 0 Å². The van der Waals surface area contributed by atoms with E-state index in [1.54, 1.807) is 0 Å². The Morgan fingerprint density at radius 2 is 0.602 bits per heavy atom. The minimum atomic E-state index is -5.12. The first kappa shape index (κ1) is 64.4. The Bertz CT molecular complexity index is 3520. The molecule has 6 aromatic rings. The number of fused-ring (bicyclic) bond motifs is 21. The van der Waals surface area contributed by atoms with Gasteiger partial charge in [0.25, 0.3) is 47.4 Å². The third kappa shape index (κ3) is 15.1. The molecule has 0 aromatic heterocycles. The first-order chi connectivity index (χ1) is 41.8. The lowest BCUT2D eigenvalue weighted by Crippen LogP contribution is -2.42. The van der Waals surface area contributed by atoms with E-state index < -0.39 is 115 Å². The topological polar surface area (TPSA) is 387 Å². The average molecular weight is 1280 g/mol. The van der Waals surface area contributed by atoms with Crippen LogP contribution in [0, 0.1) is 30.3 Å². The van der Waals surface area contributed by atoms with Crippen LogP contribution in [0.25, 0.3) is 0 Å². The molecule has 0 atom stereocenters. The highest BCUT2D eigenvalue weighted by Crippen LogP contribution is 2.44. The fourth-order valence-corrected chi connectivity index (χ4v) is 13.1. The molecule has 0 saturated heterocycles. The molecule has 0 amide bonds. The highest BCUT2D eigenvalue weighted by Gasteiger charge is 2.31. The number of non-ortho nitro benzene ring substituents is 3. The number of benzene rings is 6. The summed E-state index contributed by atoms with van der Waals surface area (Å²) in [5.41, 5.74) is -1.22. The van der Waals surface area contributed by atoms with Crippen LogP contribution in [0.1, 0.15) is 66.8 Å². The van der Waals surface area contributed by atoms with Gasteiger partial charge in [0.2, 0.25) is 0 Å². The van der Waals surface area contributed by atoms with Gasteiger partial charge in [-0.05, 0) is 36.4 Å². The number of hydrogen-bond acceptors (Lipinski definition) is 22. The zero-order valence-electron chi connectivity index (χ0n) is 47.9. The molecule has 10 bridgehead atoms. The molecule has 3 aliphatic rings. The van der Waals surface area contributed by atoms with Crippen molar-refractivity contribution in [1.82, 2.24) is 20.9 Å². The van der Waals surface area contributed by atoms with Gasteiger partial charge in [-0.3, -0.25) is 48.9 Å². The Morgan fingerprint density at radius 3 is 0.784 bits per heavy atom. The molecule has 0 aliphatic carbocycles. The predicted molar refractivity (Wildman–Crippen MR) is 316 cm³/mol. The van der Waals surface area contributed by atoms with Gasteiger partial charge in [-0.1, -0.05) is 0 Å². The summed E-state index contributed by atoms with van der Waals surface area (Å²) in [4.78, 5) is 37.2. The lowest BCUT2D eigenvalue weighted by Gasteiger charge is -2.24. The lowest BCUT2D eigenvalue weighted by atomic mass is 9.90. The maximum absolute atomic E-state index is 13.4. The van der Waals surface area contributed by atoms with Gasteiger partial charge in [-0.2, -0.15) is 25.3 Å². The molecule has 0 fully saturated rings. The summed E-state index contributed by atoms with van der Waals surface area (Å²) in [6.45, 7) is 3.30. The Balaban J connectivity index is 1.45. The van der Waals surface area contributed by atoms with Crippen molar-refractivity contribution in [2.75, 3.05) is 100 Å². The summed E-state index contributed by atoms with van der Waals surface area (Å²) in [6, 6.07) is 13.6. The van der Waals surface area contributed by atoms with Gasteiger partial charge < -0.3 is 44.4 Å². The van der Waals surface area contributed by atoms with Crippen LogP contribution in [-0.4, -0.2) is 159 Å². The molecule has 0 radical (unpaired) electrons. The van der Waals surface area contributed by atoms with E-state index in [1.165, 1.54) is 57.7 Å². The first-order valence-electron chi connectivity index (χ1n) is 27.5. The Morgan fingerprint density at radius 1 is 0.386 bits per heavy atom. The zero-order valence-corrected chi connectivity index (χ0v) is 50.3. The van der Waals surface area contributed by atoms with Crippen molar-refractivity contribution in [3.63, 3.8) is 0 Å². The predicted octanol–water partition coefficient (Wildman–Crippen LogP) is 5.27. The number of nitrogens with zero attached hydrogens (tertiary/aromatic N) is 4. The molecule has 88 heavy (non-hydrogen) atoms. The van der Waals surface area contributed by atoms with E-state index in [1.807, 2.05) is 0 Å². The summed E-state index contributed by atoms with van der Waals surface area (Å²) >= 11 is 0. The lowest BCUT2D eigenvalue weighted by molar-refractivity contribution is -0.385. The molecule has 28 nitrogen and oxygen atoms in total. The molecule has 3 aliphatic heterocycles. The summed E-state index contributed by atoms with van der Waals surface area (Å²) in [5.74, 6) is -0.135. The van der Waals surface area contributed by atoms with E-state index in [-0.39, 0.29) is 141 Å². The van der Waals surface area contributed by atoms with Gasteiger partial charge in [0.1, 0.15) is 54.3 Å². The third-order valence-corrected chi connectivity index (χ3v) is 17.6. The van der Waals surface area contributed by atoms with Crippen molar-refractivity contribution in [2.24, 2.45) is 0 Å². The molecule has 470 valence electrons. The van der Waals surface area contributed by atoms with E-state index in [9.17, 15) is 69.3 Å². The van der Waals surface area contributed by atoms with Crippen LogP contribution in [0.2, 0.25) is 0 Å². The monoisotopic (exact) mass is 1280 g/mol. The second-order valence-electron chi connectivity index (χ2n) is 21.0. The smallest absolute Gasteiger partial charge is 0.294 e. The molecule has 6 aromatic carbocycles. The highest BCUT2D eigenvalue weighted by atomic mass is 32.2. The van der Waals surface area contributed by atoms with Crippen LogP contribution in [0.3, 0.4) is 0 Å². The quantitative estimate of drug-likeness (QED) is 0.0609. The average Bonchev–Trinajstić information content (AvgIpc) is 1.44. The maximum atomic E-state index is 13.4. The van der Waals surface area contributed by atoms with Crippen molar-refractivity contribution in [1.29, 1.82) is 0 Å². The first-order valence-corrected chi connectivity index (χ1v) is 31.8. The third-order valence-electron chi connectivity index (χ3n) is 15.1. The Labute approximate surface area is 505 Å². The van der Waals surface area contributed by atoms with E-state index in [4.69, 9.17) is 28.4 Å². The van der Waals surface area contributed by atoms with Crippen LogP contribution in [0.5, 0.6) is 34.5 Å². The molecule has 0 spiro atoms. The highest BCUT2D eigenvalue weighted by molar-refractivity contribution is 7.86. The molecular formula is C57H63N7O21S3. The number of rotatable bonds is 9. The van der Waals surface area contributed by atoms with Gasteiger partial charge in [0.15, 0.2) is 0 Å². The Hall–Kier alpha value is -8.11. The summed E-state index contributed by atoms with van der Waals surface area (Å²) in [7, 11) is -11.6. The molecule has 0 saturated carbocycles. The number of nitro groups is 3. The second kappa shape index (κ2) is 27.1. The fraction of sp³-hybridized carbons (Fsp3) is 0.368. The minimum Gasteiger partial charge on any atom is -0.496 e. The van der Waals surface area contributed by atoms with Crippen LogP contribution in [-0.2, 0) is 68.9 Å². The fourth-order valence-electron chi connectivity index (χ4n) is 11.4. The van der Waals surface area contributed by atoms with Crippen molar-refractivity contribution in [3.05, 3.63) is 170 Å². The van der Waals surface area contributed by atoms with Crippen LogP contribution in [0.15, 0.2) is 87.5 Å². The summed E-state index contributed by atoms with van der Waals surface area (Å²) in [6.07, 6.45) is -2.63. The molecule has 6 N–H and O–H groups in total. The molecule has 0 unspecified atom stereocenters. The molecule has 9 rings (SSSR count). The van der Waals surface area contributed by atoms with Crippen molar-refractivity contribution in [3.8, 4) is 34.5 Å². The zero-order chi connectivity index (χ0) is 63.2. The van der Waals surface area contributed by atoms with Crippen molar-refractivity contribution >= 4 is 47.4 Å². The van der Waals surface area contributed by atoms with E-state index in [2.05, 4.69) is 20.9 Å². The second-order valence-corrected chi connectivity index (χ2v) is 25.3.